The van der Waals surface area contributed by atoms with E-state index in [1.54, 1.807) is 14.2 Å². The molecule has 0 radical (unpaired) electrons. The fourth-order valence-electron chi connectivity index (χ4n) is 2.24. The van der Waals surface area contributed by atoms with Gasteiger partial charge >= 0.3 is 0 Å². The zero-order chi connectivity index (χ0) is 12.4. The molecular weight excluding hydrogens is 216 g/mol. The first-order valence-corrected chi connectivity index (χ1v) is 5.56. The first-order valence-electron chi connectivity index (χ1n) is 5.56. The van der Waals surface area contributed by atoms with Crippen molar-refractivity contribution in [3.8, 4) is 17.6 Å². The third kappa shape index (κ3) is 1.94. The molecule has 4 nitrogen and oxygen atoms in total. The largest absolute Gasteiger partial charge is 0.493 e. The Morgan fingerprint density at radius 1 is 1.29 bits per heavy atom. The van der Waals surface area contributed by atoms with E-state index in [4.69, 9.17) is 9.47 Å². The summed E-state index contributed by atoms with van der Waals surface area (Å²) >= 11 is 0. The zero-order valence-corrected chi connectivity index (χ0v) is 10.4. The highest BCUT2D eigenvalue weighted by atomic mass is 16.5. The number of hydrogen-bond donors (Lipinski definition) is 0. The summed E-state index contributed by atoms with van der Waals surface area (Å²) in [6.07, 6.45) is 0.935. The second-order valence-corrected chi connectivity index (χ2v) is 4.17. The van der Waals surface area contributed by atoms with Gasteiger partial charge in [-0.25, -0.2) is 0 Å². The molecule has 0 saturated heterocycles. The molecule has 0 fully saturated rings. The van der Waals surface area contributed by atoms with Crippen molar-refractivity contribution in [3.63, 3.8) is 0 Å². The first-order chi connectivity index (χ1) is 8.21. The summed E-state index contributed by atoms with van der Waals surface area (Å²) in [6, 6.07) is 6.02. The second kappa shape index (κ2) is 4.64. The quantitative estimate of drug-likeness (QED) is 0.779. The number of hydrogen-bond acceptors (Lipinski definition) is 4. The summed E-state index contributed by atoms with van der Waals surface area (Å²) in [5.74, 6) is 1.41. The lowest BCUT2D eigenvalue weighted by Crippen LogP contribution is -2.31. The second-order valence-electron chi connectivity index (χ2n) is 4.17. The molecule has 1 aromatic carbocycles. The molecule has 4 heteroatoms. The Bertz CT molecular complexity index is 465. The van der Waals surface area contributed by atoms with E-state index in [0.717, 1.165) is 24.3 Å². The molecule has 1 heterocycles. The van der Waals surface area contributed by atoms with Crippen molar-refractivity contribution in [1.29, 1.82) is 5.26 Å². The summed E-state index contributed by atoms with van der Waals surface area (Å²) in [5, 5.41) is 9.23. The average molecular weight is 232 g/mol. The Morgan fingerprint density at radius 2 is 1.94 bits per heavy atom. The van der Waals surface area contributed by atoms with Crippen molar-refractivity contribution in [2.45, 2.75) is 12.5 Å². The van der Waals surface area contributed by atoms with Gasteiger partial charge in [0.25, 0.3) is 0 Å². The summed E-state index contributed by atoms with van der Waals surface area (Å²) in [6.45, 7) is 0.890. The molecule has 1 aliphatic rings. The summed E-state index contributed by atoms with van der Waals surface area (Å²) in [7, 11) is 5.20. The molecular formula is C13H16N2O2. The first kappa shape index (κ1) is 11.7. The standard InChI is InChI=1S/C13H16N2O2/c1-15-5-4-9-6-12(16-2)13(17-3)7-10(9)11(15)8-14/h6-7,11H,4-5H2,1-3H3/t11-/m1/s1. The predicted octanol–water partition coefficient (Wildman–Crippen LogP) is 1.76. The maximum absolute atomic E-state index is 9.23. The Hall–Kier alpha value is -1.73. The van der Waals surface area contributed by atoms with Crippen LogP contribution in [0.5, 0.6) is 11.5 Å². The monoisotopic (exact) mass is 232 g/mol. The van der Waals surface area contributed by atoms with Crippen molar-refractivity contribution < 1.29 is 9.47 Å². The number of benzene rings is 1. The number of methoxy groups -OCH3 is 2. The van der Waals surface area contributed by atoms with Crippen LogP contribution in [0.2, 0.25) is 0 Å². The molecule has 0 N–H and O–H groups in total. The highest BCUT2D eigenvalue weighted by Crippen LogP contribution is 2.37. The van der Waals surface area contributed by atoms with Crippen LogP contribution in [0.1, 0.15) is 17.2 Å². The van der Waals surface area contributed by atoms with Crippen LogP contribution in [-0.2, 0) is 6.42 Å². The van der Waals surface area contributed by atoms with Crippen LogP contribution in [0.4, 0.5) is 0 Å². The Morgan fingerprint density at radius 3 is 2.53 bits per heavy atom. The molecule has 0 aliphatic carbocycles. The lowest BCUT2D eigenvalue weighted by Gasteiger charge is -2.30. The predicted molar refractivity (Wildman–Crippen MR) is 64.2 cm³/mol. The van der Waals surface area contributed by atoms with Crippen molar-refractivity contribution in [3.05, 3.63) is 23.3 Å². The summed E-state index contributed by atoms with van der Waals surface area (Å²) < 4.78 is 10.6. The molecule has 0 bridgehead atoms. The van der Waals surface area contributed by atoms with Gasteiger partial charge in [0.15, 0.2) is 11.5 Å². The molecule has 1 atom stereocenters. The van der Waals surface area contributed by atoms with Gasteiger partial charge in [-0.1, -0.05) is 0 Å². The molecule has 0 saturated carbocycles. The van der Waals surface area contributed by atoms with Crippen molar-refractivity contribution in [2.24, 2.45) is 0 Å². The van der Waals surface area contributed by atoms with Gasteiger partial charge in [0.05, 0.1) is 20.3 Å². The van der Waals surface area contributed by atoms with Crippen LogP contribution in [0.25, 0.3) is 0 Å². The van der Waals surface area contributed by atoms with Crippen LogP contribution < -0.4 is 9.47 Å². The molecule has 0 aromatic heterocycles. The minimum Gasteiger partial charge on any atom is -0.493 e. The Balaban J connectivity index is 2.53. The van der Waals surface area contributed by atoms with Crippen LogP contribution in [0.15, 0.2) is 12.1 Å². The minimum absolute atomic E-state index is 0.196. The van der Waals surface area contributed by atoms with E-state index in [1.165, 1.54) is 5.56 Å². The van der Waals surface area contributed by atoms with E-state index < -0.39 is 0 Å². The molecule has 0 spiro atoms. The fraction of sp³-hybridized carbons (Fsp3) is 0.462. The lowest BCUT2D eigenvalue weighted by atomic mass is 9.93. The highest BCUT2D eigenvalue weighted by Gasteiger charge is 2.26. The van der Waals surface area contributed by atoms with Gasteiger partial charge in [-0.15, -0.1) is 0 Å². The minimum atomic E-state index is -0.196. The van der Waals surface area contributed by atoms with Gasteiger partial charge in [0, 0.05) is 6.54 Å². The lowest BCUT2D eigenvalue weighted by molar-refractivity contribution is 0.274. The maximum Gasteiger partial charge on any atom is 0.161 e. The molecule has 2 rings (SSSR count). The van der Waals surface area contributed by atoms with E-state index >= 15 is 0 Å². The molecule has 1 aliphatic heterocycles. The molecule has 17 heavy (non-hydrogen) atoms. The number of likely N-dealkylation sites (N-methyl/N-ethyl adjacent to an activating group) is 1. The SMILES string of the molecule is COc1cc2c(cc1OC)[C@@H](C#N)N(C)CC2. The van der Waals surface area contributed by atoms with E-state index in [2.05, 4.69) is 6.07 Å². The number of nitrogens with zero attached hydrogens (tertiary/aromatic N) is 2. The number of fused-ring (bicyclic) bond motifs is 1. The fourth-order valence-corrected chi connectivity index (χ4v) is 2.24. The van der Waals surface area contributed by atoms with Crippen LogP contribution >= 0.6 is 0 Å². The highest BCUT2D eigenvalue weighted by molar-refractivity contribution is 5.50. The molecule has 0 amide bonds. The van der Waals surface area contributed by atoms with Crippen molar-refractivity contribution in [1.82, 2.24) is 4.90 Å². The number of nitriles is 1. The Kier molecular flexibility index (Phi) is 3.21. The maximum atomic E-state index is 9.23. The van der Waals surface area contributed by atoms with Crippen LogP contribution in [0.3, 0.4) is 0 Å². The van der Waals surface area contributed by atoms with E-state index in [1.807, 2.05) is 24.1 Å². The molecule has 0 unspecified atom stereocenters. The normalized spacial score (nSPS) is 19.3. The Labute approximate surface area is 101 Å². The number of ether oxygens (including phenoxy) is 2. The van der Waals surface area contributed by atoms with E-state index in [0.29, 0.717) is 5.75 Å². The van der Waals surface area contributed by atoms with Crippen LogP contribution in [0, 0.1) is 11.3 Å². The van der Waals surface area contributed by atoms with E-state index in [9.17, 15) is 5.26 Å². The third-order valence-electron chi connectivity index (χ3n) is 3.24. The van der Waals surface area contributed by atoms with Gasteiger partial charge in [-0.05, 0) is 36.7 Å². The van der Waals surface area contributed by atoms with Gasteiger partial charge in [-0.3, -0.25) is 4.90 Å². The summed E-state index contributed by atoms with van der Waals surface area (Å²) in [5.41, 5.74) is 2.20. The van der Waals surface area contributed by atoms with Gasteiger partial charge < -0.3 is 9.47 Å². The summed E-state index contributed by atoms with van der Waals surface area (Å²) in [4.78, 5) is 2.05. The zero-order valence-electron chi connectivity index (χ0n) is 10.4. The third-order valence-corrected chi connectivity index (χ3v) is 3.24. The van der Waals surface area contributed by atoms with Gasteiger partial charge in [-0.2, -0.15) is 5.26 Å². The molecule has 1 aromatic rings. The number of rotatable bonds is 2. The topological polar surface area (TPSA) is 45.5 Å². The smallest absolute Gasteiger partial charge is 0.161 e. The average Bonchev–Trinajstić information content (AvgIpc) is 2.37. The van der Waals surface area contributed by atoms with Crippen LogP contribution in [-0.4, -0.2) is 32.7 Å². The van der Waals surface area contributed by atoms with Gasteiger partial charge in [0.1, 0.15) is 6.04 Å². The van der Waals surface area contributed by atoms with Gasteiger partial charge in [0.2, 0.25) is 0 Å². The molecule has 90 valence electrons. The van der Waals surface area contributed by atoms with E-state index in [-0.39, 0.29) is 6.04 Å². The van der Waals surface area contributed by atoms with Crippen molar-refractivity contribution in [2.75, 3.05) is 27.8 Å². The van der Waals surface area contributed by atoms with Crippen molar-refractivity contribution >= 4 is 0 Å².